The maximum absolute atomic E-state index is 13.5. The van der Waals surface area contributed by atoms with E-state index in [9.17, 15) is 24.6 Å². The minimum Gasteiger partial charge on any atom is -0.508 e. The molecule has 0 radical (unpaired) electrons. The molecule has 0 amide bonds. The number of piperidine rings is 1. The number of thiophene rings is 1. The van der Waals surface area contributed by atoms with Crippen molar-refractivity contribution in [2.75, 3.05) is 18.4 Å². The molecule has 3 aromatic heterocycles. The van der Waals surface area contributed by atoms with Crippen molar-refractivity contribution in [3.8, 4) is 17.1 Å². The number of carboxylic acids is 1. The quantitative estimate of drug-likeness (QED) is 0.282. The third-order valence-electron chi connectivity index (χ3n) is 6.52. The largest absolute Gasteiger partial charge is 0.508 e. The highest BCUT2D eigenvalue weighted by Crippen LogP contribution is 2.27. The Hall–Kier alpha value is -3.93. The average Bonchev–Trinajstić information content (AvgIpc) is 3.55. The third kappa shape index (κ3) is 6.06. The minimum absolute atomic E-state index is 0.0575. The van der Waals surface area contributed by atoms with Gasteiger partial charge in [0, 0.05) is 28.6 Å². The van der Waals surface area contributed by atoms with E-state index in [4.69, 9.17) is 11.6 Å². The number of carboxylic acid groups (broad SMARTS) is 1. The van der Waals surface area contributed by atoms with E-state index in [1.807, 2.05) is 6.07 Å². The van der Waals surface area contributed by atoms with Crippen molar-refractivity contribution >= 4 is 40.6 Å². The zero-order valence-corrected chi connectivity index (χ0v) is 22.4. The summed E-state index contributed by atoms with van der Waals surface area (Å²) < 4.78 is 3.37. The monoisotopic (exact) mass is 567 g/mol. The van der Waals surface area contributed by atoms with E-state index in [1.54, 1.807) is 16.7 Å². The highest BCUT2D eigenvalue weighted by atomic mass is 35.5. The number of nitrogens with zero attached hydrogens (tertiary/aromatic N) is 4. The van der Waals surface area contributed by atoms with E-state index in [0.717, 1.165) is 37.2 Å². The number of aromatic carboxylic acids is 1. The molecular weight excluding hydrogens is 542 g/mol. The Bertz CT molecular complexity index is 1570. The molecule has 4 aromatic rings. The standard InChI is InChI=1S/C27H26ClN5O5S/c28-23-9-8-20(39-23)15-29-24-14-21(30-33(24)26(36)17-4-6-18(7-5-17)27(37)38)22-12-19(34)13-25(35)32(22)16-31-10-2-1-3-11-31/h4-9,12-14,29,34H,1-3,10-11,15-16H2,(H,37,38). The molecule has 0 spiro atoms. The minimum atomic E-state index is -1.09. The van der Waals surface area contributed by atoms with Crippen LogP contribution >= 0.6 is 22.9 Å². The summed E-state index contributed by atoms with van der Waals surface area (Å²) in [6, 6.07) is 13.5. The van der Waals surface area contributed by atoms with Gasteiger partial charge in [-0.1, -0.05) is 18.0 Å². The fraction of sp³-hybridized carbons (Fsp3) is 0.259. The van der Waals surface area contributed by atoms with Crippen molar-refractivity contribution in [2.24, 2.45) is 0 Å². The van der Waals surface area contributed by atoms with Crippen molar-refractivity contribution in [3.05, 3.63) is 85.3 Å². The van der Waals surface area contributed by atoms with E-state index < -0.39 is 11.9 Å². The van der Waals surface area contributed by atoms with Crippen molar-refractivity contribution in [3.63, 3.8) is 0 Å². The molecule has 0 bridgehead atoms. The molecule has 0 aliphatic carbocycles. The Morgan fingerprint density at radius 3 is 2.38 bits per heavy atom. The van der Waals surface area contributed by atoms with Gasteiger partial charge in [-0.25, -0.2) is 4.79 Å². The van der Waals surface area contributed by atoms with Crippen LogP contribution in [0.2, 0.25) is 4.34 Å². The first-order valence-corrected chi connectivity index (χ1v) is 13.6. The lowest BCUT2D eigenvalue weighted by molar-refractivity contribution is 0.0696. The Kier molecular flexibility index (Phi) is 7.82. The summed E-state index contributed by atoms with van der Waals surface area (Å²) in [6.45, 7) is 2.43. The van der Waals surface area contributed by atoms with Crippen LogP contribution in [-0.2, 0) is 13.2 Å². The molecule has 39 heavy (non-hydrogen) atoms. The van der Waals surface area contributed by atoms with Gasteiger partial charge in [0.2, 0.25) is 0 Å². The lowest BCUT2D eigenvalue weighted by Crippen LogP contribution is -2.36. The van der Waals surface area contributed by atoms with Gasteiger partial charge in [0.25, 0.3) is 11.5 Å². The first-order valence-electron chi connectivity index (χ1n) is 12.4. The number of hydrogen-bond acceptors (Lipinski definition) is 8. The van der Waals surface area contributed by atoms with Crippen LogP contribution in [0.1, 0.15) is 44.9 Å². The molecule has 0 unspecified atom stereocenters. The molecular formula is C27H26ClN5O5S. The second-order valence-corrected chi connectivity index (χ2v) is 11.1. The predicted octanol–water partition coefficient (Wildman–Crippen LogP) is 4.57. The molecule has 1 aliphatic heterocycles. The molecule has 1 aliphatic rings. The Morgan fingerprint density at radius 2 is 1.72 bits per heavy atom. The van der Waals surface area contributed by atoms with Gasteiger partial charge in [-0.3, -0.25) is 19.1 Å². The summed E-state index contributed by atoms with van der Waals surface area (Å²) in [5.74, 6) is -1.42. The summed E-state index contributed by atoms with van der Waals surface area (Å²) in [4.78, 5) is 40.8. The third-order valence-corrected chi connectivity index (χ3v) is 7.75. The van der Waals surface area contributed by atoms with E-state index in [-0.39, 0.29) is 22.4 Å². The van der Waals surface area contributed by atoms with E-state index >= 15 is 0 Å². The number of aromatic nitrogens is 3. The fourth-order valence-corrected chi connectivity index (χ4v) is 5.56. The van der Waals surface area contributed by atoms with E-state index in [1.165, 1.54) is 52.4 Å². The number of likely N-dealkylation sites (tertiary alicyclic amines) is 1. The summed E-state index contributed by atoms with van der Waals surface area (Å²) >= 11 is 7.47. The number of hydrogen-bond donors (Lipinski definition) is 3. The van der Waals surface area contributed by atoms with Crippen molar-refractivity contribution < 1.29 is 19.8 Å². The van der Waals surface area contributed by atoms with Gasteiger partial charge >= 0.3 is 5.97 Å². The molecule has 0 atom stereocenters. The molecule has 1 saturated heterocycles. The fourth-order valence-electron chi connectivity index (χ4n) is 4.53. The first kappa shape index (κ1) is 26.7. The summed E-state index contributed by atoms with van der Waals surface area (Å²) in [5.41, 5.74) is 0.617. The lowest BCUT2D eigenvalue weighted by atomic mass is 10.1. The predicted molar refractivity (Wildman–Crippen MR) is 149 cm³/mol. The average molecular weight is 568 g/mol. The molecule has 1 fully saturated rings. The molecule has 3 N–H and O–H groups in total. The van der Waals surface area contributed by atoms with E-state index in [0.29, 0.717) is 34.8 Å². The molecule has 1 aromatic carbocycles. The second kappa shape index (κ2) is 11.4. The summed E-state index contributed by atoms with van der Waals surface area (Å²) in [6.07, 6.45) is 3.25. The SMILES string of the molecule is O=C(O)c1ccc(C(=O)n2nc(-c3cc(O)cc(=O)n3CN3CCCCC3)cc2NCc2ccc(Cl)s2)cc1. The topological polar surface area (TPSA) is 130 Å². The van der Waals surface area contributed by atoms with Gasteiger partial charge < -0.3 is 15.5 Å². The number of aromatic hydroxyl groups is 1. The summed E-state index contributed by atoms with van der Waals surface area (Å²) in [7, 11) is 0. The molecule has 202 valence electrons. The van der Waals surface area contributed by atoms with Gasteiger partial charge in [0.05, 0.1) is 28.8 Å². The number of anilines is 1. The number of carbonyl (C=O) groups is 2. The number of benzene rings is 1. The van der Waals surface area contributed by atoms with Crippen LogP contribution in [-0.4, -0.2) is 54.4 Å². The maximum Gasteiger partial charge on any atom is 0.335 e. The van der Waals surface area contributed by atoms with Crippen LogP contribution in [0.5, 0.6) is 5.75 Å². The Morgan fingerprint density at radius 1 is 1.00 bits per heavy atom. The van der Waals surface area contributed by atoms with E-state index in [2.05, 4.69) is 15.3 Å². The van der Waals surface area contributed by atoms with Gasteiger partial charge in [0.15, 0.2) is 0 Å². The highest BCUT2D eigenvalue weighted by Gasteiger charge is 2.22. The zero-order valence-electron chi connectivity index (χ0n) is 20.8. The number of nitrogens with one attached hydrogen (secondary N) is 1. The van der Waals surface area contributed by atoms with Crippen LogP contribution in [0.15, 0.2) is 59.4 Å². The van der Waals surface area contributed by atoms with Crippen LogP contribution in [0.3, 0.4) is 0 Å². The van der Waals surface area contributed by atoms with Crippen LogP contribution < -0.4 is 10.9 Å². The van der Waals surface area contributed by atoms with Crippen LogP contribution in [0.25, 0.3) is 11.4 Å². The maximum atomic E-state index is 13.5. The van der Waals surface area contributed by atoms with Gasteiger partial charge in [-0.2, -0.15) is 9.78 Å². The molecule has 5 rings (SSSR count). The van der Waals surface area contributed by atoms with Gasteiger partial charge in [-0.15, -0.1) is 11.3 Å². The normalized spacial score (nSPS) is 13.9. The van der Waals surface area contributed by atoms with Crippen LogP contribution in [0.4, 0.5) is 5.82 Å². The number of rotatable bonds is 8. The van der Waals surface area contributed by atoms with Gasteiger partial charge in [-0.05, 0) is 62.3 Å². The first-order chi connectivity index (χ1) is 18.8. The zero-order chi connectivity index (χ0) is 27.5. The summed E-state index contributed by atoms with van der Waals surface area (Å²) in [5, 5.41) is 27.2. The van der Waals surface area contributed by atoms with Crippen molar-refractivity contribution in [1.82, 2.24) is 19.2 Å². The highest BCUT2D eigenvalue weighted by molar-refractivity contribution is 7.16. The number of halogens is 1. The molecule has 0 saturated carbocycles. The molecule has 10 nitrogen and oxygen atoms in total. The number of carbonyl (C=O) groups excluding carboxylic acids is 1. The van der Waals surface area contributed by atoms with Crippen LogP contribution in [0, 0.1) is 0 Å². The Labute approximate surface area is 232 Å². The van der Waals surface area contributed by atoms with Crippen molar-refractivity contribution in [2.45, 2.75) is 32.5 Å². The lowest BCUT2D eigenvalue weighted by Gasteiger charge is -2.27. The van der Waals surface area contributed by atoms with Gasteiger partial charge in [0.1, 0.15) is 17.3 Å². The van der Waals surface area contributed by atoms with Crippen molar-refractivity contribution in [1.29, 1.82) is 0 Å². The second-order valence-electron chi connectivity index (χ2n) is 9.26. The molecule has 4 heterocycles. The number of pyridine rings is 1. The Balaban J connectivity index is 1.54. The molecule has 12 heteroatoms. The smallest absolute Gasteiger partial charge is 0.335 e.